The van der Waals surface area contributed by atoms with Crippen LogP contribution in [0.2, 0.25) is 0 Å². The van der Waals surface area contributed by atoms with Crippen molar-refractivity contribution in [2.45, 2.75) is 19.3 Å². The van der Waals surface area contributed by atoms with Gasteiger partial charge in [-0.15, -0.1) is 11.3 Å². The number of anilines is 1. The number of amides is 1. The Kier molecular flexibility index (Phi) is 4.61. The Morgan fingerprint density at radius 2 is 2.00 bits per heavy atom. The van der Waals surface area contributed by atoms with Gasteiger partial charge in [-0.05, 0) is 37.1 Å². The molecule has 0 bridgehead atoms. The first-order valence-corrected chi connectivity index (χ1v) is 9.45. The minimum atomic E-state index is -0.0592. The topological polar surface area (TPSA) is 58.1 Å². The summed E-state index contributed by atoms with van der Waals surface area (Å²) >= 11 is 1.69. The number of carbonyl (C=O) groups is 1. The number of fused-ring (bicyclic) bond motifs is 1. The van der Waals surface area contributed by atoms with Crippen LogP contribution in [0.25, 0.3) is 10.2 Å². The molecule has 0 atom stereocenters. The van der Waals surface area contributed by atoms with E-state index in [-0.39, 0.29) is 5.91 Å². The average Bonchev–Trinajstić information content (AvgIpc) is 3.31. The molecule has 0 saturated carbocycles. The maximum atomic E-state index is 12.6. The summed E-state index contributed by atoms with van der Waals surface area (Å²) in [6.07, 6.45) is 4.82. The summed E-state index contributed by atoms with van der Waals surface area (Å²) in [5.41, 5.74) is 1.69. The largest absolute Gasteiger partial charge is 0.356 e. The summed E-state index contributed by atoms with van der Waals surface area (Å²) in [6, 6.07) is 11.8. The van der Waals surface area contributed by atoms with Crippen LogP contribution in [0.5, 0.6) is 0 Å². The predicted molar refractivity (Wildman–Crippen MR) is 101 cm³/mol. The Morgan fingerprint density at radius 3 is 2.84 bits per heavy atom. The Morgan fingerprint density at radius 1 is 1.16 bits per heavy atom. The summed E-state index contributed by atoms with van der Waals surface area (Å²) < 4.78 is 1.19. The van der Waals surface area contributed by atoms with Crippen molar-refractivity contribution in [1.29, 1.82) is 0 Å². The molecule has 6 heteroatoms. The number of benzene rings is 1. The molecule has 1 aromatic carbocycles. The van der Waals surface area contributed by atoms with Crippen molar-refractivity contribution in [2.24, 2.45) is 0 Å². The molecule has 1 saturated heterocycles. The van der Waals surface area contributed by atoms with Crippen molar-refractivity contribution in [1.82, 2.24) is 15.3 Å². The van der Waals surface area contributed by atoms with Crippen LogP contribution in [0.3, 0.4) is 0 Å². The number of nitrogens with one attached hydrogen (secondary N) is 1. The minimum absolute atomic E-state index is 0.0592. The van der Waals surface area contributed by atoms with Crippen molar-refractivity contribution in [3.05, 3.63) is 53.2 Å². The summed E-state index contributed by atoms with van der Waals surface area (Å²) in [4.78, 5) is 23.8. The first-order valence-electron chi connectivity index (χ1n) is 8.64. The third-order valence-electron chi connectivity index (χ3n) is 4.40. The van der Waals surface area contributed by atoms with Gasteiger partial charge >= 0.3 is 0 Å². The monoisotopic (exact) mass is 352 g/mol. The zero-order valence-electron chi connectivity index (χ0n) is 13.9. The van der Waals surface area contributed by atoms with Crippen LogP contribution in [-0.2, 0) is 6.42 Å². The summed E-state index contributed by atoms with van der Waals surface area (Å²) in [5, 5.41) is 4.07. The van der Waals surface area contributed by atoms with Gasteiger partial charge in [0, 0.05) is 32.3 Å². The van der Waals surface area contributed by atoms with E-state index in [1.807, 2.05) is 30.3 Å². The molecular formula is C19H20N4OS. The fourth-order valence-corrected chi connectivity index (χ4v) is 4.13. The van der Waals surface area contributed by atoms with Gasteiger partial charge in [0.25, 0.3) is 5.91 Å². The summed E-state index contributed by atoms with van der Waals surface area (Å²) in [6.45, 7) is 2.53. The highest BCUT2D eigenvalue weighted by Crippen LogP contribution is 2.23. The first-order chi connectivity index (χ1) is 12.3. The van der Waals surface area contributed by atoms with Crippen LogP contribution in [0.4, 0.5) is 5.82 Å². The van der Waals surface area contributed by atoms with Gasteiger partial charge in [0.1, 0.15) is 5.82 Å². The van der Waals surface area contributed by atoms with Gasteiger partial charge in [0.15, 0.2) is 0 Å². The van der Waals surface area contributed by atoms with E-state index in [0.29, 0.717) is 12.1 Å². The number of pyridine rings is 1. The van der Waals surface area contributed by atoms with E-state index >= 15 is 0 Å². The molecule has 1 aliphatic heterocycles. The molecule has 0 aliphatic carbocycles. The zero-order chi connectivity index (χ0) is 17.1. The van der Waals surface area contributed by atoms with Crippen molar-refractivity contribution in [2.75, 3.05) is 24.5 Å². The standard InChI is InChI=1S/C19H20N4OS/c24-19(14-6-5-10-20-18(14)23-12-3-4-13-23)21-11-9-17-22-15-7-1-2-8-16(15)25-17/h1-2,5-8,10H,3-4,9,11-13H2,(H,21,24). The molecule has 1 N–H and O–H groups in total. The molecule has 3 aromatic rings. The summed E-state index contributed by atoms with van der Waals surface area (Å²) in [5.74, 6) is 0.744. The van der Waals surface area contributed by atoms with Crippen molar-refractivity contribution >= 4 is 33.3 Å². The lowest BCUT2D eigenvalue weighted by atomic mass is 10.2. The molecule has 3 heterocycles. The Balaban J connectivity index is 1.40. The second kappa shape index (κ2) is 7.19. The number of nitrogens with zero attached hydrogens (tertiary/aromatic N) is 3. The molecule has 1 amide bonds. The van der Waals surface area contributed by atoms with Crippen LogP contribution in [0.1, 0.15) is 28.2 Å². The minimum Gasteiger partial charge on any atom is -0.356 e. The number of hydrogen-bond donors (Lipinski definition) is 1. The molecule has 1 fully saturated rings. The lowest BCUT2D eigenvalue weighted by Gasteiger charge is -2.19. The first kappa shape index (κ1) is 16.0. The molecule has 0 unspecified atom stereocenters. The SMILES string of the molecule is O=C(NCCc1nc2ccccc2s1)c1cccnc1N1CCCC1. The number of aromatic nitrogens is 2. The van der Waals surface area contributed by atoms with Crippen LogP contribution in [0.15, 0.2) is 42.6 Å². The van der Waals surface area contributed by atoms with Crippen molar-refractivity contribution < 1.29 is 4.79 Å². The quantitative estimate of drug-likeness (QED) is 0.766. The van der Waals surface area contributed by atoms with E-state index in [1.54, 1.807) is 17.5 Å². The molecule has 25 heavy (non-hydrogen) atoms. The molecule has 5 nitrogen and oxygen atoms in total. The lowest BCUT2D eigenvalue weighted by molar-refractivity contribution is 0.0954. The van der Waals surface area contributed by atoms with Gasteiger partial charge in [0.05, 0.1) is 20.8 Å². The average molecular weight is 352 g/mol. The maximum absolute atomic E-state index is 12.6. The van der Waals surface area contributed by atoms with E-state index in [9.17, 15) is 4.79 Å². The van der Waals surface area contributed by atoms with Gasteiger partial charge in [-0.25, -0.2) is 9.97 Å². The van der Waals surface area contributed by atoms with Crippen LogP contribution in [-0.4, -0.2) is 35.5 Å². The smallest absolute Gasteiger partial charge is 0.255 e. The van der Waals surface area contributed by atoms with E-state index < -0.39 is 0 Å². The fourth-order valence-electron chi connectivity index (χ4n) is 3.16. The van der Waals surface area contributed by atoms with Crippen LogP contribution in [0, 0.1) is 0 Å². The van der Waals surface area contributed by atoms with Gasteiger partial charge in [-0.3, -0.25) is 4.79 Å². The number of rotatable bonds is 5. The predicted octanol–water partition coefficient (Wildman–Crippen LogP) is 3.26. The lowest BCUT2D eigenvalue weighted by Crippen LogP contribution is -2.29. The van der Waals surface area contributed by atoms with Gasteiger partial charge in [-0.2, -0.15) is 0 Å². The van der Waals surface area contributed by atoms with Crippen LogP contribution >= 0.6 is 11.3 Å². The second-order valence-electron chi connectivity index (χ2n) is 6.15. The Labute approximate surface area is 150 Å². The number of carbonyl (C=O) groups excluding carboxylic acids is 1. The number of thiazole rings is 1. The van der Waals surface area contributed by atoms with Crippen LogP contribution < -0.4 is 10.2 Å². The normalized spacial score (nSPS) is 14.2. The van der Waals surface area contributed by atoms with E-state index in [2.05, 4.69) is 26.3 Å². The van der Waals surface area contributed by atoms with E-state index in [4.69, 9.17) is 0 Å². The second-order valence-corrected chi connectivity index (χ2v) is 7.27. The molecule has 1 aliphatic rings. The van der Waals surface area contributed by atoms with E-state index in [0.717, 1.165) is 48.7 Å². The highest BCUT2D eigenvalue weighted by Gasteiger charge is 2.20. The van der Waals surface area contributed by atoms with Crippen molar-refractivity contribution in [3.63, 3.8) is 0 Å². The molecule has 2 aromatic heterocycles. The molecular weight excluding hydrogens is 332 g/mol. The molecule has 0 spiro atoms. The molecule has 128 valence electrons. The zero-order valence-corrected chi connectivity index (χ0v) is 14.8. The highest BCUT2D eigenvalue weighted by molar-refractivity contribution is 7.18. The van der Waals surface area contributed by atoms with Gasteiger partial charge < -0.3 is 10.2 Å². The molecule has 4 rings (SSSR count). The highest BCUT2D eigenvalue weighted by atomic mass is 32.1. The third-order valence-corrected chi connectivity index (χ3v) is 5.50. The summed E-state index contributed by atoms with van der Waals surface area (Å²) in [7, 11) is 0. The van der Waals surface area contributed by atoms with Gasteiger partial charge in [-0.1, -0.05) is 12.1 Å². The van der Waals surface area contributed by atoms with Crippen molar-refractivity contribution in [3.8, 4) is 0 Å². The van der Waals surface area contributed by atoms with Gasteiger partial charge in [0.2, 0.25) is 0 Å². The number of para-hydroxylation sites is 1. The Bertz CT molecular complexity index is 853. The third kappa shape index (κ3) is 3.49. The molecule has 0 radical (unpaired) electrons. The number of hydrogen-bond acceptors (Lipinski definition) is 5. The maximum Gasteiger partial charge on any atom is 0.255 e. The van der Waals surface area contributed by atoms with E-state index in [1.165, 1.54) is 4.70 Å². The Hall–Kier alpha value is -2.47. The fraction of sp³-hybridized carbons (Fsp3) is 0.316.